The van der Waals surface area contributed by atoms with Crippen LogP contribution in [0.5, 0.6) is 5.75 Å². The zero-order valence-electron chi connectivity index (χ0n) is 11.1. The van der Waals surface area contributed by atoms with Crippen LogP contribution in [-0.2, 0) is 4.79 Å². The fourth-order valence-corrected chi connectivity index (χ4v) is 2.00. The van der Waals surface area contributed by atoms with Gasteiger partial charge in [-0.1, -0.05) is 42.5 Å². The molecular weight excluding hydrogens is 238 g/mol. The van der Waals surface area contributed by atoms with E-state index in [0.717, 1.165) is 16.9 Å². The fourth-order valence-electron chi connectivity index (χ4n) is 2.00. The maximum atomic E-state index is 11.4. The van der Waals surface area contributed by atoms with Gasteiger partial charge in [-0.15, -0.1) is 0 Å². The molecule has 0 bridgehead atoms. The van der Waals surface area contributed by atoms with E-state index >= 15 is 0 Å². The quantitative estimate of drug-likeness (QED) is 0.912. The molecule has 3 nitrogen and oxygen atoms in total. The predicted molar refractivity (Wildman–Crippen MR) is 75.1 cm³/mol. The molecule has 0 aliphatic carbocycles. The van der Waals surface area contributed by atoms with Crippen LogP contribution in [0.15, 0.2) is 54.6 Å². The summed E-state index contributed by atoms with van der Waals surface area (Å²) in [6.45, 7) is 1.53. The Morgan fingerprint density at radius 3 is 2.11 bits per heavy atom. The summed E-state index contributed by atoms with van der Waals surface area (Å²) < 4.78 is 5.15. The Morgan fingerprint density at radius 2 is 1.58 bits per heavy atom. The van der Waals surface area contributed by atoms with Crippen molar-refractivity contribution >= 4 is 5.91 Å². The summed E-state index contributed by atoms with van der Waals surface area (Å²) in [6, 6.07) is 17.5. The van der Waals surface area contributed by atoms with E-state index in [0.29, 0.717) is 0 Å². The Labute approximate surface area is 113 Å². The maximum absolute atomic E-state index is 11.4. The molecule has 0 aliphatic rings. The number of carbonyl (C=O) groups excluding carboxylic acids is 1. The van der Waals surface area contributed by atoms with E-state index < -0.39 is 0 Å². The third-order valence-electron chi connectivity index (χ3n) is 2.93. The van der Waals surface area contributed by atoms with E-state index in [1.165, 1.54) is 6.92 Å². The lowest BCUT2D eigenvalue weighted by Gasteiger charge is -2.19. The second-order valence-corrected chi connectivity index (χ2v) is 4.32. The molecule has 98 valence electrons. The second-order valence-electron chi connectivity index (χ2n) is 4.32. The number of benzene rings is 2. The average Bonchev–Trinajstić information content (AvgIpc) is 2.46. The van der Waals surface area contributed by atoms with Crippen molar-refractivity contribution in [2.24, 2.45) is 0 Å². The van der Waals surface area contributed by atoms with Crippen LogP contribution in [0.4, 0.5) is 0 Å². The Balaban J connectivity index is 2.34. The van der Waals surface area contributed by atoms with Gasteiger partial charge in [-0.25, -0.2) is 0 Å². The minimum atomic E-state index is -0.135. The van der Waals surface area contributed by atoms with Gasteiger partial charge in [-0.05, 0) is 23.3 Å². The molecule has 0 aromatic heterocycles. The minimum absolute atomic E-state index is 0.0512. The Kier molecular flexibility index (Phi) is 4.18. The van der Waals surface area contributed by atoms with Crippen LogP contribution in [0.25, 0.3) is 0 Å². The highest BCUT2D eigenvalue weighted by molar-refractivity contribution is 5.74. The molecule has 19 heavy (non-hydrogen) atoms. The predicted octanol–water partition coefficient (Wildman–Crippen LogP) is 2.92. The molecule has 0 fully saturated rings. The first-order valence-electron chi connectivity index (χ1n) is 6.16. The van der Waals surface area contributed by atoms with Crippen molar-refractivity contribution in [3.63, 3.8) is 0 Å². The first kappa shape index (κ1) is 13.1. The standard InChI is InChI=1S/C16H17NO2/c1-12(18)17-16(13-6-4-3-5-7-13)14-8-10-15(19-2)11-9-14/h3-11,16H,1-2H3,(H,17,18)/t16-/m0/s1. The number of methoxy groups -OCH3 is 1. The van der Waals surface area contributed by atoms with Gasteiger partial charge in [-0.3, -0.25) is 4.79 Å². The number of rotatable bonds is 4. The molecule has 0 spiro atoms. The third-order valence-corrected chi connectivity index (χ3v) is 2.93. The van der Waals surface area contributed by atoms with Gasteiger partial charge in [-0.2, -0.15) is 0 Å². The molecule has 0 saturated carbocycles. The highest BCUT2D eigenvalue weighted by Crippen LogP contribution is 2.23. The van der Waals surface area contributed by atoms with Gasteiger partial charge < -0.3 is 10.1 Å². The average molecular weight is 255 g/mol. The van der Waals surface area contributed by atoms with Crippen molar-refractivity contribution in [2.75, 3.05) is 7.11 Å². The summed E-state index contributed by atoms with van der Waals surface area (Å²) in [6.07, 6.45) is 0. The van der Waals surface area contributed by atoms with Crippen LogP contribution in [0.1, 0.15) is 24.1 Å². The van der Waals surface area contributed by atoms with Crippen molar-refractivity contribution in [2.45, 2.75) is 13.0 Å². The third kappa shape index (κ3) is 3.35. The summed E-state index contributed by atoms with van der Waals surface area (Å²) >= 11 is 0. The van der Waals surface area contributed by atoms with Crippen molar-refractivity contribution in [3.05, 3.63) is 65.7 Å². The van der Waals surface area contributed by atoms with Gasteiger partial charge in [0.1, 0.15) is 5.75 Å². The van der Waals surface area contributed by atoms with Crippen LogP contribution in [-0.4, -0.2) is 13.0 Å². The number of nitrogens with one attached hydrogen (secondary N) is 1. The second kappa shape index (κ2) is 6.05. The number of hydrogen-bond acceptors (Lipinski definition) is 2. The molecule has 1 atom stereocenters. The van der Waals surface area contributed by atoms with E-state index in [4.69, 9.17) is 4.74 Å². The Bertz CT molecular complexity index is 534. The van der Waals surface area contributed by atoms with Crippen molar-refractivity contribution < 1.29 is 9.53 Å². The van der Waals surface area contributed by atoms with Crippen LogP contribution in [0.2, 0.25) is 0 Å². The molecule has 2 aromatic rings. The molecular formula is C16H17NO2. The lowest BCUT2D eigenvalue weighted by atomic mass is 9.98. The first-order chi connectivity index (χ1) is 9.20. The number of amides is 1. The van der Waals surface area contributed by atoms with Gasteiger partial charge in [0.2, 0.25) is 5.91 Å². The molecule has 2 aromatic carbocycles. The van der Waals surface area contributed by atoms with Crippen LogP contribution in [0, 0.1) is 0 Å². The number of carbonyl (C=O) groups is 1. The molecule has 0 saturated heterocycles. The van der Waals surface area contributed by atoms with E-state index in [1.54, 1.807) is 7.11 Å². The molecule has 2 rings (SSSR count). The molecule has 0 radical (unpaired) electrons. The Morgan fingerprint density at radius 1 is 1.00 bits per heavy atom. The Hall–Kier alpha value is -2.29. The van der Waals surface area contributed by atoms with Gasteiger partial charge in [0.25, 0.3) is 0 Å². The summed E-state index contributed by atoms with van der Waals surface area (Å²) in [4.78, 5) is 11.4. The van der Waals surface area contributed by atoms with Crippen LogP contribution >= 0.6 is 0 Å². The monoisotopic (exact) mass is 255 g/mol. The zero-order valence-corrected chi connectivity index (χ0v) is 11.1. The lowest BCUT2D eigenvalue weighted by molar-refractivity contribution is -0.119. The number of ether oxygens (including phenoxy) is 1. The van der Waals surface area contributed by atoms with Gasteiger partial charge >= 0.3 is 0 Å². The molecule has 0 aliphatic heterocycles. The molecule has 1 N–H and O–H groups in total. The summed E-state index contributed by atoms with van der Waals surface area (Å²) in [5.74, 6) is 0.753. The normalized spacial score (nSPS) is 11.7. The highest BCUT2D eigenvalue weighted by atomic mass is 16.5. The smallest absolute Gasteiger partial charge is 0.217 e. The summed E-state index contributed by atoms with van der Waals surface area (Å²) in [5, 5.41) is 2.97. The summed E-state index contributed by atoms with van der Waals surface area (Å²) in [7, 11) is 1.64. The topological polar surface area (TPSA) is 38.3 Å². The molecule has 0 unspecified atom stereocenters. The first-order valence-corrected chi connectivity index (χ1v) is 6.16. The van der Waals surface area contributed by atoms with Crippen LogP contribution in [0.3, 0.4) is 0 Å². The van der Waals surface area contributed by atoms with E-state index in [-0.39, 0.29) is 11.9 Å². The fraction of sp³-hybridized carbons (Fsp3) is 0.188. The van der Waals surface area contributed by atoms with E-state index in [9.17, 15) is 4.79 Å². The van der Waals surface area contributed by atoms with Gasteiger partial charge in [0, 0.05) is 6.92 Å². The van der Waals surface area contributed by atoms with E-state index in [2.05, 4.69) is 5.32 Å². The summed E-state index contributed by atoms with van der Waals surface area (Å²) in [5.41, 5.74) is 2.09. The number of hydrogen-bond donors (Lipinski definition) is 1. The lowest BCUT2D eigenvalue weighted by Crippen LogP contribution is -2.26. The largest absolute Gasteiger partial charge is 0.497 e. The molecule has 0 heterocycles. The molecule has 1 amide bonds. The van der Waals surface area contributed by atoms with Crippen molar-refractivity contribution in [3.8, 4) is 5.75 Å². The highest BCUT2D eigenvalue weighted by Gasteiger charge is 2.14. The maximum Gasteiger partial charge on any atom is 0.217 e. The molecule has 3 heteroatoms. The SMILES string of the molecule is COc1ccc([C@@H](NC(C)=O)c2ccccc2)cc1. The van der Waals surface area contributed by atoms with Gasteiger partial charge in [0.15, 0.2) is 0 Å². The van der Waals surface area contributed by atoms with E-state index in [1.807, 2.05) is 54.6 Å². The van der Waals surface area contributed by atoms with Crippen LogP contribution < -0.4 is 10.1 Å². The minimum Gasteiger partial charge on any atom is -0.497 e. The zero-order chi connectivity index (χ0) is 13.7. The van der Waals surface area contributed by atoms with Gasteiger partial charge in [0.05, 0.1) is 13.2 Å². The van der Waals surface area contributed by atoms with Crippen molar-refractivity contribution in [1.29, 1.82) is 0 Å². The van der Waals surface area contributed by atoms with Crippen molar-refractivity contribution in [1.82, 2.24) is 5.32 Å².